The van der Waals surface area contributed by atoms with Gasteiger partial charge in [-0.05, 0) is 25.5 Å². The monoisotopic (exact) mass is 237 g/mol. The Morgan fingerprint density at radius 2 is 1.82 bits per heavy atom. The van der Waals surface area contributed by atoms with Crippen molar-refractivity contribution in [3.05, 3.63) is 23.8 Å². The molecule has 4 heteroatoms. The van der Waals surface area contributed by atoms with Crippen LogP contribution in [0.4, 0.5) is 0 Å². The van der Waals surface area contributed by atoms with Crippen molar-refractivity contribution in [3.63, 3.8) is 0 Å². The van der Waals surface area contributed by atoms with Gasteiger partial charge in [0.1, 0.15) is 17.6 Å². The molecule has 0 amide bonds. The lowest BCUT2D eigenvalue weighted by Crippen LogP contribution is -2.02. The SMILES string of the molecule is CC[C@@H](C)O/N=C/c1c(OC)cccc1OC. The zero-order valence-corrected chi connectivity index (χ0v) is 10.8. The van der Waals surface area contributed by atoms with Gasteiger partial charge in [0.2, 0.25) is 0 Å². The number of hydrogen-bond donors (Lipinski definition) is 0. The van der Waals surface area contributed by atoms with Crippen molar-refractivity contribution in [1.29, 1.82) is 0 Å². The first-order valence-corrected chi connectivity index (χ1v) is 5.63. The molecule has 0 bridgehead atoms. The number of hydrogen-bond acceptors (Lipinski definition) is 4. The van der Waals surface area contributed by atoms with E-state index in [1.54, 1.807) is 20.4 Å². The lowest BCUT2D eigenvalue weighted by molar-refractivity contribution is 0.0712. The molecule has 0 fully saturated rings. The van der Waals surface area contributed by atoms with Crippen LogP contribution in [0.5, 0.6) is 11.5 Å². The number of ether oxygens (including phenoxy) is 2. The molecule has 0 radical (unpaired) electrons. The van der Waals surface area contributed by atoms with Gasteiger partial charge in [-0.15, -0.1) is 0 Å². The summed E-state index contributed by atoms with van der Waals surface area (Å²) in [5.41, 5.74) is 0.779. The fraction of sp³-hybridized carbons (Fsp3) is 0.462. The van der Waals surface area contributed by atoms with E-state index in [-0.39, 0.29) is 6.10 Å². The fourth-order valence-corrected chi connectivity index (χ4v) is 1.27. The number of nitrogens with zero attached hydrogens (tertiary/aromatic N) is 1. The van der Waals surface area contributed by atoms with Crippen molar-refractivity contribution in [2.45, 2.75) is 26.4 Å². The second-order valence-electron chi connectivity index (χ2n) is 3.63. The predicted octanol–water partition coefficient (Wildman–Crippen LogP) is 2.85. The van der Waals surface area contributed by atoms with Crippen LogP contribution in [0.25, 0.3) is 0 Å². The Kier molecular flexibility index (Phi) is 5.33. The van der Waals surface area contributed by atoms with Crippen LogP contribution in [0, 0.1) is 0 Å². The third-order valence-electron chi connectivity index (χ3n) is 2.46. The Bertz CT molecular complexity index is 355. The molecule has 0 heterocycles. The fourth-order valence-electron chi connectivity index (χ4n) is 1.27. The highest BCUT2D eigenvalue weighted by molar-refractivity contribution is 5.87. The minimum atomic E-state index is 0.104. The lowest BCUT2D eigenvalue weighted by atomic mass is 10.2. The van der Waals surface area contributed by atoms with Crippen LogP contribution >= 0.6 is 0 Å². The van der Waals surface area contributed by atoms with Crippen molar-refractivity contribution < 1.29 is 14.3 Å². The molecule has 4 nitrogen and oxygen atoms in total. The third kappa shape index (κ3) is 3.66. The van der Waals surface area contributed by atoms with E-state index in [2.05, 4.69) is 5.16 Å². The van der Waals surface area contributed by atoms with E-state index < -0.39 is 0 Å². The predicted molar refractivity (Wildman–Crippen MR) is 68.0 cm³/mol. The van der Waals surface area contributed by atoms with Crippen LogP contribution in [0.3, 0.4) is 0 Å². The van der Waals surface area contributed by atoms with Crippen LogP contribution in [-0.2, 0) is 4.84 Å². The Morgan fingerprint density at radius 3 is 2.29 bits per heavy atom. The second kappa shape index (κ2) is 6.78. The summed E-state index contributed by atoms with van der Waals surface area (Å²) in [6.07, 6.45) is 2.64. The molecule has 0 saturated carbocycles. The van der Waals surface area contributed by atoms with Crippen molar-refractivity contribution in [1.82, 2.24) is 0 Å². The summed E-state index contributed by atoms with van der Waals surface area (Å²) >= 11 is 0. The average Bonchev–Trinajstić information content (AvgIpc) is 2.38. The smallest absolute Gasteiger partial charge is 0.131 e. The highest BCUT2D eigenvalue weighted by Crippen LogP contribution is 2.26. The summed E-state index contributed by atoms with van der Waals surface area (Å²) in [6.45, 7) is 4.01. The summed E-state index contributed by atoms with van der Waals surface area (Å²) in [5.74, 6) is 1.42. The molecule has 0 aliphatic rings. The largest absolute Gasteiger partial charge is 0.496 e. The Hall–Kier alpha value is -1.71. The highest BCUT2D eigenvalue weighted by atomic mass is 16.6. The molecule has 0 spiro atoms. The molecule has 0 aliphatic heterocycles. The standard InChI is InChI=1S/C13H19NO3/c1-5-10(2)17-14-9-11-12(15-3)7-6-8-13(11)16-4/h6-10H,5H2,1-4H3/b14-9+/t10-/m1/s1. The van der Waals surface area contributed by atoms with Gasteiger partial charge < -0.3 is 14.3 Å². The maximum atomic E-state index is 5.25. The van der Waals surface area contributed by atoms with Crippen molar-refractivity contribution in [2.75, 3.05) is 14.2 Å². The molecule has 0 unspecified atom stereocenters. The number of oxime groups is 1. The van der Waals surface area contributed by atoms with Gasteiger partial charge >= 0.3 is 0 Å². The van der Waals surface area contributed by atoms with Gasteiger partial charge in [0.05, 0.1) is 26.0 Å². The van der Waals surface area contributed by atoms with Gasteiger partial charge in [-0.1, -0.05) is 18.1 Å². The molecular formula is C13H19NO3. The summed E-state index contributed by atoms with van der Waals surface area (Å²) < 4.78 is 10.5. The highest BCUT2D eigenvalue weighted by Gasteiger charge is 2.07. The molecule has 1 rings (SSSR count). The molecule has 0 saturated heterocycles. The summed E-state index contributed by atoms with van der Waals surface area (Å²) in [4.78, 5) is 5.25. The average molecular weight is 237 g/mol. The van der Waals surface area contributed by atoms with E-state index in [1.165, 1.54) is 0 Å². The molecule has 1 aromatic carbocycles. The number of benzene rings is 1. The van der Waals surface area contributed by atoms with Crippen molar-refractivity contribution in [3.8, 4) is 11.5 Å². The zero-order chi connectivity index (χ0) is 12.7. The molecule has 0 aromatic heterocycles. The van der Waals surface area contributed by atoms with Gasteiger partial charge in [0, 0.05) is 0 Å². The maximum Gasteiger partial charge on any atom is 0.131 e. The molecule has 94 valence electrons. The van der Waals surface area contributed by atoms with E-state index in [4.69, 9.17) is 14.3 Å². The summed E-state index contributed by atoms with van der Waals surface area (Å²) in [5, 5.41) is 3.94. The molecule has 1 atom stereocenters. The normalized spacial score (nSPS) is 12.5. The number of rotatable bonds is 6. The van der Waals surface area contributed by atoms with Gasteiger partial charge in [-0.3, -0.25) is 0 Å². The van der Waals surface area contributed by atoms with E-state index >= 15 is 0 Å². The maximum absolute atomic E-state index is 5.25. The van der Waals surface area contributed by atoms with Gasteiger partial charge in [-0.2, -0.15) is 0 Å². The Morgan fingerprint density at radius 1 is 1.24 bits per heavy atom. The summed E-state index contributed by atoms with van der Waals surface area (Å²) in [6, 6.07) is 5.57. The van der Waals surface area contributed by atoms with Crippen LogP contribution in [-0.4, -0.2) is 26.5 Å². The third-order valence-corrected chi connectivity index (χ3v) is 2.46. The van der Waals surface area contributed by atoms with Crippen molar-refractivity contribution >= 4 is 6.21 Å². The molecule has 17 heavy (non-hydrogen) atoms. The van der Waals surface area contributed by atoms with Gasteiger partial charge in [0.15, 0.2) is 0 Å². The first kappa shape index (κ1) is 13.4. The van der Waals surface area contributed by atoms with Crippen LogP contribution in [0.2, 0.25) is 0 Å². The van der Waals surface area contributed by atoms with E-state index in [1.807, 2.05) is 32.0 Å². The van der Waals surface area contributed by atoms with Crippen LogP contribution < -0.4 is 9.47 Å². The second-order valence-corrected chi connectivity index (χ2v) is 3.63. The van der Waals surface area contributed by atoms with Gasteiger partial charge in [-0.25, -0.2) is 0 Å². The van der Waals surface area contributed by atoms with E-state index in [0.29, 0.717) is 11.5 Å². The van der Waals surface area contributed by atoms with E-state index in [0.717, 1.165) is 12.0 Å². The van der Waals surface area contributed by atoms with Crippen molar-refractivity contribution in [2.24, 2.45) is 5.16 Å². The van der Waals surface area contributed by atoms with Crippen LogP contribution in [0.15, 0.2) is 23.4 Å². The number of methoxy groups -OCH3 is 2. The quantitative estimate of drug-likeness (QED) is 0.564. The first-order valence-electron chi connectivity index (χ1n) is 5.63. The first-order chi connectivity index (χ1) is 8.22. The molecule has 0 N–H and O–H groups in total. The molecular weight excluding hydrogens is 218 g/mol. The molecule has 1 aromatic rings. The topological polar surface area (TPSA) is 40.0 Å². The Labute approximate surface area is 102 Å². The van der Waals surface area contributed by atoms with E-state index in [9.17, 15) is 0 Å². The van der Waals surface area contributed by atoms with Crippen LogP contribution in [0.1, 0.15) is 25.8 Å². The zero-order valence-electron chi connectivity index (χ0n) is 10.8. The minimum Gasteiger partial charge on any atom is -0.496 e. The minimum absolute atomic E-state index is 0.104. The summed E-state index contributed by atoms with van der Waals surface area (Å²) in [7, 11) is 3.23. The molecule has 0 aliphatic carbocycles. The lowest BCUT2D eigenvalue weighted by Gasteiger charge is -2.09. The Balaban J connectivity index is 2.87. The van der Waals surface area contributed by atoms with Gasteiger partial charge in [0.25, 0.3) is 0 Å².